The average molecular weight is 319 g/mol. The minimum Gasteiger partial charge on any atom is -0.360 e. The molecule has 0 aromatic carbocycles. The molecular formula is C15H19ClN6. The first-order chi connectivity index (χ1) is 10.7. The van der Waals surface area contributed by atoms with Crippen LogP contribution in [0.3, 0.4) is 0 Å². The highest BCUT2D eigenvalue weighted by molar-refractivity contribution is 6.29. The first-order valence-corrected chi connectivity index (χ1v) is 8.35. The number of aryl methyl sites for hydroxylation is 2. The molecule has 0 saturated heterocycles. The van der Waals surface area contributed by atoms with Crippen LogP contribution < -0.4 is 5.32 Å². The zero-order chi connectivity index (χ0) is 15.1. The SMILES string of the molecule is CCc1nc2n(n1)CCCC2Nc1cc(Cl)nc(C2CC2)n1. The molecule has 0 bridgehead atoms. The van der Waals surface area contributed by atoms with Crippen LogP contribution in [0.25, 0.3) is 0 Å². The van der Waals surface area contributed by atoms with Crippen molar-refractivity contribution in [2.45, 2.75) is 57.5 Å². The molecule has 1 saturated carbocycles. The number of fused-ring (bicyclic) bond motifs is 1. The summed E-state index contributed by atoms with van der Waals surface area (Å²) in [5, 5.41) is 8.53. The van der Waals surface area contributed by atoms with E-state index in [2.05, 4.69) is 32.3 Å². The van der Waals surface area contributed by atoms with E-state index in [9.17, 15) is 0 Å². The second-order valence-corrected chi connectivity index (χ2v) is 6.40. The summed E-state index contributed by atoms with van der Waals surface area (Å²) in [5.74, 6) is 4.05. The lowest BCUT2D eigenvalue weighted by molar-refractivity contribution is 0.436. The fourth-order valence-electron chi connectivity index (χ4n) is 2.90. The van der Waals surface area contributed by atoms with Crippen molar-refractivity contribution in [2.75, 3.05) is 5.32 Å². The van der Waals surface area contributed by atoms with Gasteiger partial charge in [0.2, 0.25) is 0 Å². The lowest BCUT2D eigenvalue weighted by Gasteiger charge is -2.23. The number of hydrogen-bond acceptors (Lipinski definition) is 5. The molecular weight excluding hydrogens is 300 g/mol. The van der Waals surface area contributed by atoms with E-state index in [1.165, 1.54) is 0 Å². The molecule has 116 valence electrons. The van der Waals surface area contributed by atoms with Gasteiger partial charge in [-0.05, 0) is 25.7 Å². The van der Waals surface area contributed by atoms with Crippen LogP contribution in [0.1, 0.15) is 62.0 Å². The van der Waals surface area contributed by atoms with Crippen molar-refractivity contribution in [3.63, 3.8) is 0 Å². The van der Waals surface area contributed by atoms with Crippen LogP contribution in [0, 0.1) is 0 Å². The minimum atomic E-state index is 0.138. The van der Waals surface area contributed by atoms with Gasteiger partial charge in [-0.1, -0.05) is 18.5 Å². The first-order valence-electron chi connectivity index (χ1n) is 7.97. The van der Waals surface area contributed by atoms with Crippen LogP contribution >= 0.6 is 11.6 Å². The quantitative estimate of drug-likeness (QED) is 0.877. The Kier molecular flexibility index (Phi) is 3.48. The molecule has 7 heteroatoms. The molecule has 3 heterocycles. The van der Waals surface area contributed by atoms with E-state index in [-0.39, 0.29) is 6.04 Å². The fraction of sp³-hybridized carbons (Fsp3) is 0.600. The molecule has 0 radical (unpaired) electrons. The number of anilines is 1. The van der Waals surface area contributed by atoms with Crippen molar-refractivity contribution >= 4 is 17.4 Å². The van der Waals surface area contributed by atoms with E-state index in [1.54, 1.807) is 6.07 Å². The second-order valence-electron chi connectivity index (χ2n) is 6.01. The van der Waals surface area contributed by atoms with Crippen molar-refractivity contribution in [3.8, 4) is 0 Å². The number of rotatable bonds is 4. The van der Waals surface area contributed by atoms with Gasteiger partial charge < -0.3 is 5.32 Å². The summed E-state index contributed by atoms with van der Waals surface area (Å²) in [4.78, 5) is 13.6. The van der Waals surface area contributed by atoms with Crippen LogP contribution in [0.4, 0.5) is 5.82 Å². The Bertz CT molecular complexity index is 693. The van der Waals surface area contributed by atoms with Crippen LogP contribution in [-0.2, 0) is 13.0 Å². The van der Waals surface area contributed by atoms with Gasteiger partial charge in [0.1, 0.15) is 22.6 Å². The number of hydrogen-bond donors (Lipinski definition) is 1. The third kappa shape index (κ3) is 2.67. The van der Waals surface area contributed by atoms with E-state index in [1.807, 2.05) is 4.68 Å². The van der Waals surface area contributed by atoms with E-state index in [4.69, 9.17) is 11.6 Å². The number of nitrogens with zero attached hydrogens (tertiary/aromatic N) is 5. The molecule has 6 nitrogen and oxygen atoms in total. The third-order valence-corrected chi connectivity index (χ3v) is 4.41. The summed E-state index contributed by atoms with van der Waals surface area (Å²) < 4.78 is 2.02. The molecule has 22 heavy (non-hydrogen) atoms. The third-order valence-electron chi connectivity index (χ3n) is 4.21. The molecule has 0 spiro atoms. The van der Waals surface area contributed by atoms with Gasteiger partial charge >= 0.3 is 0 Å². The number of nitrogens with one attached hydrogen (secondary N) is 1. The Morgan fingerprint density at radius 3 is 2.91 bits per heavy atom. The van der Waals surface area contributed by atoms with E-state index < -0.39 is 0 Å². The fourth-order valence-corrected chi connectivity index (χ4v) is 3.09. The Morgan fingerprint density at radius 2 is 2.14 bits per heavy atom. The van der Waals surface area contributed by atoms with Crippen molar-refractivity contribution in [2.24, 2.45) is 0 Å². The molecule has 1 N–H and O–H groups in total. The highest BCUT2D eigenvalue weighted by Crippen LogP contribution is 2.39. The maximum Gasteiger partial charge on any atom is 0.150 e. The van der Waals surface area contributed by atoms with E-state index >= 15 is 0 Å². The summed E-state index contributed by atoms with van der Waals surface area (Å²) in [6.45, 7) is 3.02. The van der Waals surface area contributed by atoms with Crippen LogP contribution in [-0.4, -0.2) is 24.7 Å². The summed E-state index contributed by atoms with van der Waals surface area (Å²) in [6.07, 6.45) is 5.31. The van der Waals surface area contributed by atoms with Crippen molar-refractivity contribution in [1.82, 2.24) is 24.7 Å². The second kappa shape index (κ2) is 5.50. The van der Waals surface area contributed by atoms with Gasteiger partial charge in [0.05, 0.1) is 6.04 Å². The van der Waals surface area contributed by atoms with E-state index in [0.717, 1.165) is 61.9 Å². The lowest BCUT2D eigenvalue weighted by atomic mass is 10.1. The first kappa shape index (κ1) is 13.9. The van der Waals surface area contributed by atoms with Gasteiger partial charge in [0.25, 0.3) is 0 Å². The summed E-state index contributed by atoms with van der Waals surface area (Å²) >= 11 is 6.14. The van der Waals surface area contributed by atoms with Crippen LogP contribution in [0.5, 0.6) is 0 Å². The summed E-state index contributed by atoms with van der Waals surface area (Å²) in [5.41, 5.74) is 0. The average Bonchev–Trinajstić information content (AvgIpc) is 3.26. The smallest absolute Gasteiger partial charge is 0.150 e. The Hall–Kier alpha value is -1.69. The van der Waals surface area contributed by atoms with Crippen molar-refractivity contribution in [1.29, 1.82) is 0 Å². The normalized spacial score (nSPS) is 20.7. The predicted molar refractivity (Wildman–Crippen MR) is 84.0 cm³/mol. The maximum absolute atomic E-state index is 6.14. The standard InChI is InChI=1S/C15H19ClN6/c1-2-12-20-15-10(4-3-7-22(15)21-12)17-13-8-11(16)18-14(19-13)9-5-6-9/h8-10H,2-7H2,1H3,(H,17,18,19). The van der Waals surface area contributed by atoms with Gasteiger partial charge in [-0.25, -0.2) is 19.6 Å². The Balaban J connectivity index is 1.60. The van der Waals surface area contributed by atoms with Crippen molar-refractivity contribution < 1.29 is 0 Å². The summed E-state index contributed by atoms with van der Waals surface area (Å²) in [7, 11) is 0. The molecule has 1 aliphatic carbocycles. The molecule has 2 aliphatic rings. The van der Waals surface area contributed by atoms with Gasteiger partial charge in [-0.2, -0.15) is 5.10 Å². The molecule has 1 aliphatic heterocycles. The molecule has 2 aromatic rings. The van der Waals surface area contributed by atoms with Gasteiger partial charge in [-0.3, -0.25) is 0 Å². The Labute approximate surface area is 134 Å². The van der Waals surface area contributed by atoms with Crippen LogP contribution in [0.2, 0.25) is 5.15 Å². The molecule has 0 amide bonds. The van der Waals surface area contributed by atoms with Gasteiger partial charge in [-0.15, -0.1) is 0 Å². The van der Waals surface area contributed by atoms with Gasteiger partial charge in [0.15, 0.2) is 5.82 Å². The zero-order valence-electron chi connectivity index (χ0n) is 12.6. The molecule has 4 rings (SSSR count). The lowest BCUT2D eigenvalue weighted by Crippen LogP contribution is -2.23. The monoisotopic (exact) mass is 318 g/mol. The molecule has 1 fully saturated rings. The summed E-state index contributed by atoms with van der Waals surface area (Å²) in [6, 6.07) is 1.93. The number of halogens is 1. The molecule has 2 aromatic heterocycles. The minimum absolute atomic E-state index is 0.138. The van der Waals surface area contributed by atoms with Crippen LogP contribution in [0.15, 0.2) is 6.07 Å². The van der Waals surface area contributed by atoms with Gasteiger partial charge in [0, 0.05) is 24.9 Å². The maximum atomic E-state index is 6.14. The molecule has 1 atom stereocenters. The number of aromatic nitrogens is 5. The Morgan fingerprint density at radius 1 is 1.27 bits per heavy atom. The predicted octanol–water partition coefficient (Wildman–Crippen LogP) is 3.11. The molecule has 1 unspecified atom stereocenters. The zero-order valence-corrected chi connectivity index (χ0v) is 13.3. The topological polar surface area (TPSA) is 68.5 Å². The van der Waals surface area contributed by atoms with Crippen molar-refractivity contribution in [3.05, 3.63) is 28.7 Å². The highest BCUT2D eigenvalue weighted by Gasteiger charge is 2.28. The highest BCUT2D eigenvalue weighted by atomic mass is 35.5. The van der Waals surface area contributed by atoms with E-state index in [0.29, 0.717) is 11.1 Å². The largest absolute Gasteiger partial charge is 0.360 e.